The number of H-pyrrole nitrogens is 1. The molecule has 4 aromatic rings. The molecule has 1 aliphatic heterocycles. The van der Waals surface area contributed by atoms with E-state index in [0.717, 1.165) is 26.1 Å². The first kappa shape index (κ1) is 18.3. The topological polar surface area (TPSA) is 109 Å². The molecule has 1 aromatic carbocycles. The third-order valence-electron chi connectivity index (χ3n) is 5.50. The molecule has 9 nitrogen and oxygen atoms in total. The van der Waals surface area contributed by atoms with Gasteiger partial charge >= 0.3 is 5.97 Å². The van der Waals surface area contributed by atoms with Crippen LogP contribution in [0, 0.1) is 0 Å². The highest BCUT2D eigenvalue weighted by Crippen LogP contribution is 2.26. The normalized spacial score (nSPS) is 17.0. The SMILES string of the molecule is O=C(O)c1cnn(-c2nc3ccn([C@H]4CCN(Cc5ccccc5)C4)c3c(=O)[nH]2)c1. The summed E-state index contributed by atoms with van der Waals surface area (Å²) in [5, 5.41) is 13.0. The largest absolute Gasteiger partial charge is 0.478 e. The number of carboxylic acid groups (broad SMARTS) is 1. The summed E-state index contributed by atoms with van der Waals surface area (Å²) < 4.78 is 3.26. The standard InChI is InChI=1S/C21H20N6O3/c28-19-18-17(23-21(24-19)27-12-15(10-22-27)20(29)30)7-9-26(18)16-6-8-25(13-16)11-14-4-2-1-3-5-14/h1-5,7,9-10,12,16H,6,8,11,13H2,(H,29,30)(H,23,24,28)/t16-/m0/s1. The fourth-order valence-electron chi connectivity index (χ4n) is 4.05. The van der Waals surface area contributed by atoms with Gasteiger partial charge in [0, 0.05) is 38.1 Å². The van der Waals surface area contributed by atoms with Crippen LogP contribution in [0.3, 0.4) is 0 Å². The molecule has 0 radical (unpaired) electrons. The fraction of sp³-hybridized carbons (Fsp3) is 0.238. The van der Waals surface area contributed by atoms with Crippen molar-refractivity contribution in [2.45, 2.75) is 19.0 Å². The average Bonchev–Trinajstić information content (AvgIpc) is 3.48. The quantitative estimate of drug-likeness (QED) is 0.527. The lowest BCUT2D eigenvalue weighted by molar-refractivity contribution is 0.0697. The molecule has 3 aromatic heterocycles. The summed E-state index contributed by atoms with van der Waals surface area (Å²) in [4.78, 5) is 33.5. The van der Waals surface area contributed by atoms with Crippen molar-refractivity contribution >= 4 is 17.0 Å². The molecule has 1 aliphatic rings. The first-order valence-electron chi connectivity index (χ1n) is 9.74. The Kier molecular flexibility index (Phi) is 4.44. The number of aromatic nitrogens is 5. The maximum atomic E-state index is 12.8. The Morgan fingerprint density at radius 2 is 2.07 bits per heavy atom. The maximum Gasteiger partial charge on any atom is 0.338 e. The van der Waals surface area contributed by atoms with E-state index in [2.05, 4.69) is 32.1 Å². The molecule has 0 aliphatic carbocycles. The molecule has 4 heterocycles. The van der Waals surface area contributed by atoms with Crippen LogP contribution in [0.15, 0.2) is 59.8 Å². The van der Waals surface area contributed by atoms with Crippen LogP contribution in [-0.4, -0.2) is 53.4 Å². The summed E-state index contributed by atoms with van der Waals surface area (Å²) in [7, 11) is 0. The van der Waals surface area contributed by atoms with Gasteiger partial charge in [-0.05, 0) is 18.1 Å². The van der Waals surface area contributed by atoms with Gasteiger partial charge in [-0.1, -0.05) is 30.3 Å². The van der Waals surface area contributed by atoms with Crippen LogP contribution in [0.5, 0.6) is 0 Å². The molecular formula is C21H20N6O3. The van der Waals surface area contributed by atoms with Gasteiger partial charge in [-0.3, -0.25) is 14.7 Å². The van der Waals surface area contributed by atoms with Crippen molar-refractivity contribution in [3.8, 4) is 5.95 Å². The van der Waals surface area contributed by atoms with Crippen molar-refractivity contribution in [1.29, 1.82) is 0 Å². The predicted octanol–water partition coefficient (Wildman–Crippen LogP) is 2.06. The van der Waals surface area contributed by atoms with Crippen molar-refractivity contribution in [3.63, 3.8) is 0 Å². The van der Waals surface area contributed by atoms with Gasteiger partial charge in [0.1, 0.15) is 5.52 Å². The Morgan fingerprint density at radius 1 is 1.23 bits per heavy atom. The van der Waals surface area contributed by atoms with E-state index >= 15 is 0 Å². The molecule has 0 bridgehead atoms. The summed E-state index contributed by atoms with van der Waals surface area (Å²) >= 11 is 0. The Balaban J connectivity index is 1.41. The Morgan fingerprint density at radius 3 is 2.83 bits per heavy atom. The lowest BCUT2D eigenvalue weighted by Crippen LogP contribution is -2.22. The predicted molar refractivity (Wildman–Crippen MR) is 110 cm³/mol. The van der Waals surface area contributed by atoms with Crippen LogP contribution in [0.25, 0.3) is 17.0 Å². The molecule has 1 fully saturated rings. The number of aromatic carboxylic acids is 1. The highest BCUT2D eigenvalue weighted by Gasteiger charge is 2.26. The number of rotatable bonds is 5. The number of hydrogen-bond donors (Lipinski definition) is 2. The number of aromatic amines is 1. The second-order valence-electron chi connectivity index (χ2n) is 7.49. The highest BCUT2D eigenvalue weighted by atomic mass is 16.4. The smallest absolute Gasteiger partial charge is 0.338 e. The van der Waals surface area contributed by atoms with Gasteiger partial charge in [-0.25, -0.2) is 14.5 Å². The molecule has 5 rings (SSSR count). The van der Waals surface area contributed by atoms with Crippen LogP contribution in [0.2, 0.25) is 0 Å². The highest BCUT2D eigenvalue weighted by molar-refractivity contribution is 5.87. The molecule has 0 spiro atoms. The monoisotopic (exact) mass is 404 g/mol. The van der Waals surface area contributed by atoms with Gasteiger partial charge in [0.25, 0.3) is 5.56 Å². The van der Waals surface area contributed by atoms with E-state index in [0.29, 0.717) is 11.0 Å². The molecule has 1 atom stereocenters. The summed E-state index contributed by atoms with van der Waals surface area (Å²) in [6.07, 6.45) is 5.40. The van der Waals surface area contributed by atoms with Gasteiger partial charge in [-0.2, -0.15) is 5.10 Å². The lowest BCUT2D eigenvalue weighted by atomic mass is 10.2. The Bertz CT molecular complexity index is 1270. The molecule has 0 saturated carbocycles. The molecule has 0 amide bonds. The van der Waals surface area contributed by atoms with Crippen LogP contribution in [0.4, 0.5) is 0 Å². The van der Waals surface area contributed by atoms with Crippen LogP contribution >= 0.6 is 0 Å². The number of fused-ring (bicyclic) bond motifs is 1. The molecule has 9 heteroatoms. The Hall–Kier alpha value is -3.72. The summed E-state index contributed by atoms with van der Waals surface area (Å²) in [5.41, 5.74) is 2.12. The van der Waals surface area contributed by atoms with Crippen molar-refractivity contribution in [3.05, 3.63) is 76.5 Å². The van der Waals surface area contributed by atoms with Gasteiger partial charge in [0.2, 0.25) is 5.95 Å². The van der Waals surface area contributed by atoms with Crippen molar-refractivity contribution in [2.75, 3.05) is 13.1 Å². The van der Waals surface area contributed by atoms with E-state index in [4.69, 9.17) is 5.11 Å². The summed E-state index contributed by atoms with van der Waals surface area (Å²) in [6.45, 7) is 2.72. The van der Waals surface area contributed by atoms with Crippen molar-refractivity contribution < 1.29 is 9.90 Å². The second kappa shape index (κ2) is 7.27. The molecule has 0 unspecified atom stereocenters. The third kappa shape index (κ3) is 3.29. The number of carboxylic acids is 1. The van der Waals surface area contributed by atoms with E-state index < -0.39 is 5.97 Å². The number of carbonyl (C=O) groups is 1. The molecular weight excluding hydrogens is 384 g/mol. The minimum Gasteiger partial charge on any atom is -0.478 e. The molecule has 30 heavy (non-hydrogen) atoms. The second-order valence-corrected chi connectivity index (χ2v) is 7.49. The van der Waals surface area contributed by atoms with Crippen LogP contribution < -0.4 is 5.56 Å². The lowest BCUT2D eigenvalue weighted by Gasteiger charge is -2.17. The fourth-order valence-corrected chi connectivity index (χ4v) is 4.05. The number of hydrogen-bond acceptors (Lipinski definition) is 5. The van der Waals surface area contributed by atoms with E-state index in [1.807, 2.05) is 35.0 Å². The number of nitrogens with one attached hydrogen (secondary N) is 1. The summed E-state index contributed by atoms with van der Waals surface area (Å²) in [6, 6.07) is 12.4. The van der Waals surface area contributed by atoms with Gasteiger partial charge in [0.15, 0.2) is 0 Å². The van der Waals surface area contributed by atoms with E-state index in [-0.39, 0.29) is 23.1 Å². The Labute approximate surface area is 171 Å². The van der Waals surface area contributed by atoms with E-state index in [1.54, 1.807) is 0 Å². The summed E-state index contributed by atoms with van der Waals surface area (Å²) in [5.74, 6) is -0.896. The van der Waals surface area contributed by atoms with Gasteiger partial charge in [-0.15, -0.1) is 0 Å². The van der Waals surface area contributed by atoms with Crippen LogP contribution in [0.1, 0.15) is 28.4 Å². The molecule has 152 valence electrons. The van der Waals surface area contributed by atoms with Crippen molar-refractivity contribution in [2.24, 2.45) is 0 Å². The van der Waals surface area contributed by atoms with Crippen molar-refractivity contribution in [1.82, 2.24) is 29.2 Å². The number of benzene rings is 1. The zero-order valence-corrected chi connectivity index (χ0v) is 16.1. The van der Waals surface area contributed by atoms with E-state index in [9.17, 15) is 9.59 Å². The van der Waals surface area contributed by atoms with Crippen LogP contribution in [-0.2, 0) is 6.54 Å². The van der Waals surface area contributed by atoms with Gasteiger partial charge < -0.3 is 9.67 Å². The minimum absolute atomic E-state index is 0.0276. The van der Waals surface area contributed by atoms with E-state index in [1.165, 1.54) is 22.6 Å². The first-order valence-corrected chi connectivity index (χ1v) is 9.74. The number of nitrogens with zero attached hydrogens (tertiary/aromatic N) is 5. The zero-order chi connectivity index (χ0) is 20.7. The number of likely N-dealkylation sites (tertiary alicyclic amines) is 1. The van der Waals surface area contributed by atoms with Gasteiger partial charge in [0.05, 0.1) is 17.3 Å². The first-order chi connectivity index (χ1) is 14.6. The zero-order valence-electron chi connectivity index (χ0n) is 16.1. The third-order valence-corrected chi connectivity index (χ3v) is 5.50. The molecule has 2 N–H and O–H groups in total. The maximum absolute atomic E-state index is 12.8. The minimum atomic E-state index is -1.09. The average molecular weight is 404 g/mol. The molecule has 1 saturated heterocycles.